The van der Waals surface area contributed by atoms with E-state index in [9.17, 15) is 9.59 Å². The topological polar surface area (TPSA) is 98.2 Å². The number of hydrogen-bond acceptors (Lipinski definition) is 5. The predicted molar refractivity (Wildman–Crippen MR) is 154 cm³/mol. The molecular formula is C32H30N4O4. The molecule has 2 aromatic heterocycles. The van der Waals surface area contributed by atoms with Crippen molar-refractivity contribution < 1.29 is 19.1 Å². The first-order chi connectivity index (χ1) is 19.6. The van der Waals surface area contributed by atoms with E-state index in [0.29, 0.717) is 47.2 Å². The van der Waals surface area contributed by atoms with Crippen LogP contribution in [0.2, 0.25) is 0 Å². The van der Waals surface area contributed by atoms with Gasteiger partial charge in [0.2, 0.25) is 5.95 Å². The van der Waals surface area contributed by atoms with Gasteiger partial charge in [-0.1, -0.05) is 37.5 Å². The molecule has 2 aliphatic rings. The normalized spacial score (nSPS) is 15.2. The van der Waals surface area contributed by atoms with E-state index in [4.69, 9.17) is 9.47 Å². The van der Waals surface area contributed by atoms with Crippen LogP contribution in [0.25, 0.3) is 33.2 Å². The first kappa shape index (κ1) is 24.5. The molecule has 3 aromatic carbocycles. The Bertz CT molecular complexity index is 1780. The number of aromatic nitrogens is 3. The van der Waals surface area contributed by atoms with E-state index in [2.05, 4.69) is 38.1 Å². The zero-order valence-corrected chi connectivity index (χ0v) is 22.3. The Balaban J connectivity index is 1.28. The number of methoxy groups -OCH3 is 1. The summed E-state index contributed by atoms with van der Waals surface area (Å²) in [6.07, 6.45) is 6.14. The average molecular weight is 535 g/mol. The van der Waals surface area contributed by atoms with E-state index < -0.39 is 5.97 Å². The zero-order valence-electron chi connectivity index (χ0n) is 22.3. The van der Waals surface area contributed by atoms with Gasteiger partial charge in [0.25, 0.3) is 5.91 Å². The summed E-state index contributed by atoms with van der Waals surface area (Å²) in [5, 5.41) is 4.11. The maximum absolute atomic E-state index is 13.4. The zero-order chi connectivity index (χ0) is 27.2. The van der Waals surface area contributed by atoms with Gasteiger partial charge in [0, 0.05) is 22.0 Å². The van der Waals surface area contributed by atoms with Crippen molar-refractivity contribution in [2.45, 2.75) is 44.6 Å². The Morgan fingerprint density at radius 1 is 1.02 bits per heavy atom. The monoisotopic (exact) mass is 534 g/mol. The number of fused-ring (bicyclic) bond motifs is 6. The number of ether oxygens (including phenoxy) is 2. The lowest BCUT2D eigenvalue weighted by Gasteiger charge is -2.23. The maximum Gasteiger partial charge on any atom is 0.337 e. The van der Waals surface area contributed by atoms with E-state index in [1.807, 2.05) is 24.3 Å². The number of aromatic amines is 1. The molecule has 3 heterocycles. The number of H-pyrrole nitrogens is 1. The molecule has 202 valence electrons. The molecule has 0 unspecified atom stereocenters. The molecule has 1 amide bonds. The average Bonchev–Trinajstić information content (AvgIpc) is 3.48. The van der Waals surface area contributed by atoms with Crippen molar-refractivity contribution in [2.24, 2.45) is 0 Å². The van der Waals surface area contributed by atoms with Crippen LogP contribution in [0.4, 0.5) is 5.95 Å². The molecule has 0 atom stereocenters. The Morgan fingerprint density at radius 2 is 1.85 bits per heavy atom. The third-order valence-corrected chi connectivity index (χ3v) is 8.23. The fraction of sp³-hybridized carbons (Fsp3) is 0.281. The summed E-state index contributed by atoms with van der Waals surface area (Å²) in [6, 6.07) is 19.3. The molecule has 0 spiro atoms. The first-order valence-corrected chi connectivity index (χ1v) is 13.9. The molecule has 8 nitrogen and oxygen atoms in total. The number of carbonyl (C=O) groups excluding carboxylic acids is 2. The number of nitrogens with one attached hydrogen (secondary N) is 2. The number of anilines is 1. The van der Waals surface area contributed by atoms with Gasteiger partial charge in [0.05, 0.1) is 35.9 Å². The SMILES string of the molecule is COC(=O)c1ccc2nc(NC(=O)c3ccc4c(C5CCCCC5)c5n(c4c3)CCOc3ccccc3-5)[nH]c2c1. The van der Waals surface area contributed by atoms with Crippen LogP contribution in [0.1, 0.15) is 64.3 Å². The smallest absolute Gasteiger partial charge is 0.337 e. The number of nitrogens with zero attached hydrogens (tertiary/aromatic N) is 2. The molecule has 1 saturated carbocycles. The van der Waals surface area contributed by atoms with Crippen LogP contribution in [0, 0.1) is 0 Å². The van der Waals surface area contributed by atoms with E-state index in [1.165, 1.54) is 55.9 Å². The third-order valence-electron chi connectivity index (χ3n) is 8.23. The van der Waals surface area contributed by atoms with E-state index >= 15 is 0 Å². The number of carbonyl (C=O) groups is 2. The summed E-state index contributed by atoms with van der Waals surface area (Å²) in [7, 11) is 1.34. The number of hydrogen-bond donors (Lipinski definition) is 2. The molecule has 1 fully saturated rings. The van der Waals surface area contributed by atoms with Gasteiger partial charge in [-0.05, 0) is 66.8 Å². The van der Waals surface area contributed by atoms with Gasteiger partial charge in [0.15, 0.2) is 0 Å². The second kappa shape index (κ2) is 9.86. The lowest BCUT2D eigenvalue weighted by atomic mass is 9.81. The predicted octanol–water partition coefficient (Wildman–Crippen LogP) is 6.66. The summed E-state index contributed by atoms with van der Waals surface area (Å²) in [4.78, 5) is 32.9. The second-order valence-electron chi connectivity index (χ2n) is 10.6. The van der Waals surface area contributed by atoms with Crippen molar-refractivity contribution in [1.29, 1.82) is 0 Å². The number of para-hydroxylation sites is 1. The third kappa shape index (κ3) is 4.11. The Hall–Kier alpha value is -4.59. The molecule has 7 rings (SSSR count). The number of amides is 1. The molecule has 1 aliphatic heterocycles. The highest BCUT2D eigenvalue weighted by molar-refractivity contribution is 6.07. The minimum Gasteiger partial charge on any atom is -0.491 e. The summed E-state index contributed by atoms with van der Waals surface area (Å²) in [5.41, 5.74) is 7.04. The molecule has 0 bridgehead atoms. The van der Waals surface area contributed by atoms with Gasteiger partial charge in [-0.25, -0.2) is 9.78 Å². The molecule has 2 N–H and O–H groups in total. The van der Waals surface area contributed by atoms with Crippen LogP contribution >= 0.6 is 0 Å². The van der Waals surface area contributed by atoms with Crippen molar-refractivity contribution in [2.75, 3.05) is 19.0 Å². The van der Waals surface area contributed by atoms with Crippen molar-refractivity contribution in [3.63, 3.8) is 0 Å². The van der Waals surface area contributed by atoms with Crippen LogP contribution in [-0.4, -0.2) is 40.1 Å². The quantitative estimate of drug-likeness (QED) is 0.251. The minimum absolute atomic E-state index is 0.255. The highest BCUT2D eigenvalue weighted by atomic mass is 16.5. The molecule has 0 radical (unpaired) electrons. The summed E-state index contributed by atoms with van der Waals surface area (Å²) in [5.74, 6) is 1.04. The maximum atomic E-state index is 13.4. The van der Waals surface area contributed by atoms with Crippen molar-refractivity contribution >= 4 is 39.8 Å². The second-order valence-corrected chi connectivity index (χ2v) is 10.6. The molecular weight excluding hydrogens is 504 g/mol. The summed E-state index contributed by atoms with van der Waals surface area (Å²) < 4.78 is 13.3. The number of benzene rings is 3. The van der Waals surface area contributed by atoms with Crippen LogP contribution in [-0.2, 0) is 11.3 Å². The fourth-order valence-electron chi connectivity index (χ4n) is 6.37. The van der Waals surface area contributed by atoms with Crippen LogP contribution in [0.15, 0.2) is 60.7 Å². The van der Waals surface area contributed by atoms with Crippen molar-refractivity contribution in [3.05, 3.63) is 77.4 Å². The lowest BCUT2D eigenvalue weighted by Crippen LogP contribution is -2.13. The number of imidazole rings is 1. The van der Waals surface area contributed by atoms with Crippen LogP contribution < -0.4 is 10.1 Å². The van der Waals surface area contributed by atoms with Gasteiger partial charge < -0.3 is 19.0 Å². The first-order valence-electron chi connectivity index (χ1n) is 13.9. The van der Waals surface area contributed by atoms with E-state index in [1.54, 1.807) is 18.2 Å². The van der Waals surface area contributed by atoms with Gasteiger partial charge in [0.1, 0.15) is 12.4 Å². The molecule has 0 saturated heterocycles. The lowest BCUT2D eigenvalue weighted by molar-refractivity contribution is 0.0600. The Kier molecular flexibility index (Phi) is 6.03. The molecule has 1 aliphatic carbocycles. The largest absolute Gasteiger partial charge is 0.491 e. The molecule has 5 aromatic rings. The Labute approximate surface area is 231 Å². The highest BCUT2D eigenvalue weighted by Crippen LogP contribution is 2.47. The van der Waals surface area contributed by atoms with Crippen molar-refractivity contribution in [3.8, 4) is 17.0 Å². The van der Waals surface area contributed by atoms with Gasteiger partial charge in [-0.2, -0.15) is 0 Å². The molecule has 8 heteroatoms. The van der Waals surface area contributed by atoms with Crippen molar-refractivity contribution in [1.82, 2.24) is 14.5 Å². The molecule has 40 heavy (non-hydrogen) atoms. The van der Waals surface area contributed by atoms with E-state index in [-0.39, 0.29) is 5.91 Å². The van der Waals surface area contributed by atoms with Crippen LogP contribution in [0.3, 0.4) is 0 Å². The van der Waals surface area contributed by atoms with Crippen LogP contribution in [0.5, 0.6) is 5.75 Å². The fourth-order valence-corrected chi connectivity index (χ4v) is 6.37. The van der Waals surface area contributed by atoms with Gasteiger partial charge >= 0.3 is 5.97 Å². The van der Waals surface area contributed by atoms with E-state index in [0.717, 1.165) is 16.8 Å². The standard InChI is InChI=1S/C32H30N4O4/c1-39-31(38)21-12-14-24-25(17-21)34-32(33-24)35-30(37)20-11-13-22-26(18-20)36-15-16-40-27-10-6-5-9-23(27)29(36)28(22)19-7-3-2-4-8-19/h5-6,9-14,17-19H,2-4,7-8,15-16H2,1H3,(H2,33,34,35,37). The minimum atomic E-state index is -0.428. The summed E-state index contributed by atoms with van der Waals surface area (Å²) in [6.45, 7) is 1.28. The van der Waals surface area contributed by atoms with Gasteiger partial charge in [-0.3, -0.25) is 10.1 Å². The number of esters is 1. The Morgan fingerprint density at radius 3 is 2.70 bits per heavy atom. The highest BCUT2D eigenvalue weighted by Gasteiger charge is 2.29. The number of rotatable bonds is 4. The summed E-state index contributed by atoms with van der Waals surface area (Å²) >= 11 is 0. The van der Waals surface area contributed by atoms with Gasteiger partial charge in [-0.15, -0.1) is 0 Å².